The van der Waals surface area contributed by atoms with Crippen LogP contribution < -0.4 is 10.6 Å². The van der Waals surface area contributed by atoms with Crippen LogP contribution in [0.5, 0.6) is 17.2 Å². The van der Waals surface area contributed by atoms with Crippen molar-refractivity contribution >= 4 is 17.4 Å². The van der Waals surface area contributed by atoms with Gasteiger partial charge in [0.15, 0.2) is 17.2 Å². The van der Waals surface area contributed by atoms with Gasteiger partial charge in [0, 0.05) is 17.8 Å². The van der Waals surface area contributed by atoms with Gasteiger partial charge in [0.1, 0.15) is 0 Å². The smallest absolute Gasteiger partial charge is 0.323 e. The van der Waals surface area contributed by atoms with E-state index in [0.29, 0.717) is 5.69 Å². The molecule has 0 unspecified atom stereocenters. The van der Waals surface area contributed by atoms with E-state index in [0.717, 1.165) is 28.8 Å². The van der Waals surface area contributed by atoms with E-state index in [2.05, 4.69) is 10.6 Å². The van der Waals surface area contributed by atoms with Gasteiger partial charge in [0.2, 0.25) is 0 Å². The Labute approximate surface area is 128 Å². The number of aromatic hydroxyl groups is 3. The van der Waals surface area contributed by atoms with Gasteiger partial charge in [0.25, 0.3) is 0 Å². The number of aryl methyl sites for hydroxylation is 3. The van der Waals surface area contributed by atoms with Crippen LogP contribution in [0.2, 0.25) is 0 Å². The lowest BCUT2D eigenvalue weighted by Crippen LogP contribution is -2.20. The Hall–Kier alpha value is -2.89. The van der Waals surface area contributed by atoms with Crippen molar-refractivity contribution in [3.8, 4) is 17.2 Å². The van der Waals surface area contributed by atoms with Crippen LogP contribution in [0.1, 0.15) is 16.7 Å². The standard InChI is InChI=1S/C16H18N2O4/c1-8-4-9(2)14(10(3)5-8)18-16(22)17-11-6-12(19)15(21)13(20)7-11/h4-7,19-21H,1-3H3,(H2,17,18,22). The second-order valence-corrected chi connectivity index (χ2v) is 5.22. The fourth-order valence-electron chi connectivity index (χ4n) is 2.33. The molecule has 6 heteroatoms. The summed E-state index contributed by atoms with van der Waals surface area (Å²) >= 11 is 0. The molecule has 0 saturated carbocycles. The van der Waals surface area contributed by atoms with Crippen LogP contribution in [0, 0.1) is 20.8 Å². The molecule has 2 amide bonds. The van der Waals surface area contributed by atoms with Gasteiger partial charge < -0.3 is 26.0 Å². The van der Waals surface area contributed by atoms with Crippen molar-refractivity contribution in [3.63, 3.8) is 0 Å². The monoisotopic (exact) mass is 302 g/mol. The molecule has 2 aromatic carbocycles. The molecule has 0 aliphatic heterocycles. The van der Waals surface area contributed by atoms with Crippen LogP contribution in [-0.4, -0.2) is 21.4 Å². The molecule has 0 spiro atoms. The molecule has 22 heavy (non-hydrogen) atoms. The van der Waals surface area contributed by atoms with Crippen LogP contribution in [-0.2, 0) is 0 Å². The van der Waals surface area contributed by atoms with Gasteiger partial charge in [-0.2, -0.15) is 0 Å². The maximum absolute atomic E-state index is 12.0. The summed E-state index contributed by atoms with van der Waals surface area (Å²) in [6.45, 7) is 5.77. The van der Waals surface area contributed by atoms with Crippen molar-refractivity contribution < 1.29 is 20.1 Å². The minimum absolute atomic E-state index is 0.160. The van der Waals surface area contributed by atoms with Gasteiger partial charge in [-0.15, -0.1) is 0 Å². The molecule has 0 radical (unpaired) electrons. The van der Waals surface area contributed by atoms with Crippen LogP contribution in [0.4, 0.5) is 16.2 Å². The molecule has 0 bridgehead atoms. The van der Waals surface area contributed by atoms with E-state index in [4.69, 9.17) is 0 Å². The summed E-state index contributed by atoms with van der Waals surface area (Å²) in [5.41, 5.74) is 3.84. The summed E-state index contributed by atoms with van der Waals surface area (Å²) in [4.78, 5) is 12.0. The molecule has 6 nitrogen and oxygen atoms in total. The molecule has 2 aromatic rings. The predicted molar refractivity (Wildman–Crippen MR) is 84.7 cm³/mol. The SMILES string of the molecule is Cc1cc(C)c(NC(=O)Nc2cc(O)c(O)c(O)c2)c(C)c1. The molecule has 0 saturated heterocycles. The summed E-state index contributed by atoms with van der Waals surface area (Å²) in [6.07, 6.45) is 0. The first-order chi connectivity index (χ1) is 10.3. The maximum Gasteiger partial charge on any atom is 0.323 e. The summed E-state index contributed by atoms with van der Waals surface area (Å²) < 4.78 is 0. The van der Waals surface area contributed by atoms with E-state index in [1.807, 2.05) is 32.9 Å². The summed E-state index contributed by atoms with van der Waals surface area (Å²) in [5.74, 6) is -1.66. The molecule has 116 valence electrons. The molecule has 0 aromatic heterocycles. The summed E-state index contributed by atoms with van der Waals surface area (Å²) in [7, 11) is 0. The highest BCUT2D eigenvalue weighted by atomic mass is 16.3. The van der Waals surface area contributed by atoms with Crippen molar-refractivity contribution in [2.45, 2.75) is 20.8 Å². The molecule has 0 aliphatic rings. The van der Waals surface area contributed by atoms with E-state index in [1.165, 1.54) is 0 Å². The van der Waals surface area contributed by atoms with Crippen molar-refractivity contribution in [1.29, 1.82) is 0 Å². The van der Waals surface area contributed by atoms with Crippen LogP contribution in [0.3, 0.4) is 0 Å². The largest absolute Gasteiger partial charge is 0.504 e. The Kier molecular flexibility index (Phi) is 4.12. The number of carbonyl (C=O) groups excluding carboxylic acids is 1. The molecule has 0 aliphatic carbocycles. The third-order valence-corrected chi connectivity index (χ3v) is 3.24. The summed E-state index contributed by atoms with van der Waals surface area (Å²) in [6, 6.07) is 5.69. The molecule has 2 rings (SSSR count). The third-order valence-electron chi connectivity index (χ3n) is 3.24. The maximum atomic E-state index is 12.0. The zero-order chi connectivity index (χ0) is 16.4. The van der Waals surface area contributed by atoms with Crippen molar-refractivity contribution in [3.05, 3.63) is 41.0 Å². The molecule has 5 N–H and O–H groups in total. The van der Waals surface area contributed by atoms with Crippen LogP contribution in [0.25, 0.3) is 0 Å². The lowest BCUT2D eigenvalue weighted by molar-refractivity contribution is 0.262. The fourth-order valence-corrected chi connectivity index (χ4v) is 2.33. The number of amides is 2. The number of benzene rings is 2. The predicted octanol–water partition coefficient (Wildman–Crippen LogP) is 3.37. The lowest BCUT2D eigenvalue weighted by Gasteiger charge is -2.14. The molecule has 0 atom stereocenters. The molecule has 0 heterocycles. The van der Waals surface area contributed by atoms with Crippen molar-refractivity contribution in [1.82, 2.24) is 0 Å². The highest BCUT2D eigenvalue weighted by molar-refractivity contribution is 6.01. The zero-order valence-electron chi connectivity index (χ0n) is 12.6. The van der Waals surface area contributed by atoms with Gasteiger partial charge in [0.05, 0.1) is 5.69 Å². The minimum Gasteiger partial charge on any atom is -0.504 e. The number of anilines is 2. The lowest BCUT2D eigenvalue weighted by atomic mass is 10.1. The third kappa shape index (κ3) is 3.22. The van der Waals surface area contributed by atoms with Gasteiger partial charge in [-0.3, -0.25) is 0 Å². The van der Waals surface area contributed by atoms with Crippen molar-refractivity contribution in [2.24, 2.45) is 0 Å². The first-order valence-electron chi connectivity index (χ1n) is 6.68. The Morgan fingerprint density at radius 1 is 0.864 bits per heavy atom. The zero-order valence-corrected chi connectivity index (χ0v) is 12.6. The Morgan fingerprint density at radius 2 is 1.36 bits per heavy atom. The number of nitrogens with one attached hydrogen (secondary N) is 2. The van der Waals surface area contributed by atoms with E-state index in [-0.39, 0.29) is 5.69 Å². The fraction of sp³-hybridized carbons (Fsp3) is 0.188. The van der Waals surface area contributed by atoms with E-state index in [1.54, 1.807) is 0 Å². The number of phenols is 3. The van der Waals surface area contributed by atoms with E-state index < -0.39 is 23.3 Å². The minimum atomic E-state index is -0.629. The highest BCUT2D eigenvalue weighted by Crippen LogP contribution is 2.37. The Bertz CT molecular complexity index is 695. The van der Waals surface area contributed by atoms with Gasteiger partial charge >= 0.3 is 6.03 Å². The summed E-state index contributed by atoms with van der Waals surface area (Å²) in [5, 5.41) is 33.3. The first kappa shape index (κ1) is 15.5. The Balaban J connectivity index is 2.18. The van der Waals surface area contributed by atoms with Gasteiger partial charge in [-0.05, 0) is 31.9 Å². The molecule has 0 fully saturated rings. The molecular formula is C16H18N2O4. The highest BCUT2D eigenvalue weighted by Gasteiger charge is 2.12. The number of urea groups is 1. The van der Waals surface area contributed by atoms with Gasteiger partial charge in [-0.25, -0.2) is 4.79 Å². The van der Waals surface area contributed by atoms with E-state index in [9.17, 15) is 20.1 Å². The van der Waals surface area contributed by atoms with Crippen LogP contribution >= 0.6 is 0 Å². The second kappa shape index (κ2) is 5.85. The van der Waals surface area contributed by atoms with Gasteiger partial charge in [-0.1, -0.05) is 17.7 Å². The average molecular weight is 302 g/mol. The number of phenolic OH excluding ortho intramolecular Hbond substituents is 3. The van der Waals surface area contributed by atoms with Crippen LogP contribution in [0.15, 0.2) is 24.3 Å². The number of hydrogen-bond acceptors (Lipinski definition) is 4. The van der Waals surface area contributed by atoms with E-state index >= 15 is 0 Å². The quantitative estimate of drug-likeness (QED) is 0.433. The van der Waals surface area contributed by atoms with Crippen molar-refractivity contribution in [2.75, 3.05) is 10.6 Å². The second-order valence-electron chi connectivity index (χ2n) is 5.22. The topological polar surface area (TPSA) is 102 Å². The number of carbonyl (C=O) groups is 1. The first-order valence-corrected chi connectivity index (χ1v) is 6.68. The normalized spacial score (nSPS) is 10.3. The average Bonchev–Trinajstić information content (AvgIpc) is 2.40. The number of hydrogen-bond donors (Lipinski definition) is 5. The Morgan fingerprint density at radius 3 is 1.86 bits per heavy atom. The molecular weight excluding hydrogens is 284 g/mol. The number of rotatable bonds is 2.